The van der Waals surface area contributed by atoms with Crippen molar-refractivity contribution in [2.75, 3.05) is 26.4 Å². The molecule has 22 nitrogen and oxygen atoms in total. The van der Waals surface area contributed by atoms with E-state index in [-0.39, 0.29) is 101 Å². The van der Waals surface area contributed by atoms with Gasteiger partial charge in [0.2, 0.25) is 0 Å². The van der Waals surface area contributed by atoms with Crippen molar-refractivity contribution in [3.05, 3.63) is 71.8 Å². The monoisotopic (exact) mass is 1470 g/mol. The highest BCUT2D eigenvalue weighted by molar-refractivity contribution is 5.73. The highest BCUT2D eigenvalue weighted by atomic mass is 16.7. The van der Waals surface area contributed by atoms with E-state index in [4.69, 9.17) is 47.4 Å². The summed E-state index contributed by atoms with van der Waals surface area (Å²) in [5.41, 5.74) is 1.66. The second-order valence-corrected chi connectivity index (χ2v) is 28.6. The number of carbonyl (C=O) groups is 6. The fraction of sp³-hybridized carbons (Fsp3) is 0.780. The van der Waals surface area contributed by atoms with Crippen molar-refractivity contribution in [3.63, 3.8) is 0 Å². The van der Waals surface area contributed by atoms with E-state index >= 15 is 0 Å². The van der Waals surface area contributed by atoms with Crippen LogP contribution < -0.4 is 0 Å². The van der Waals surface area contributed by atoms with Gasteiger partial charge in [-0.05, 0) is 101 Å². The molecule has 0 saturated carbocycles. The standard InChI is InChI=1S/C82H134O22/c1-3-5-7-33-47-65(101-73(87)55-41-53-71(85)97-61-67-75(89)77(91)79(93)81(103-67)99-59-63-43-29-27-30-44-63)49-35-21-15-9-11-17-23-37-51-69(83)95-57-39-25-19-13-14-20-26-40-58-96-70(84)52-38-24-18-12-10-16-22-36-50-66(48-34-8-6-4-2)102-74(88)56-42-54-72(86)98-62-68-76(90)78(92)80(94)82(104-68)100-60-64-45-31-28-32-46-64/h27-32,43-46,65-68,75-82,89-94H,3-26,33-42,47-62H2,1-2H3/t65-,66-,67?,68?,75+,76+,77+,78?,79?,80?,81-,82-/m1/s1. The maximum Gasteiger partial charge on any atom is 0.306 e. The Morgan fingerprint density at radius 3 is 0.933 bits per heavy atom. The molecule has 0 spiro atoms. The third-order valence-corrected chi connectivity index (χ3v) is 19.4. The quantitative estimate of drug-likeness (QED) is 0.0204. The number of hydrogen-bond donors (Lipinski definition) is 6. The van der Waals surface area contributed by atoms with Crippen LogP contribution in [0.5, 0.6) is 0 Å². The summed E-state index contributed by atoms with van der Waals surface area (Å²) in [6.07, 6.45) is 24.2. The van der Waals surface area contributed by atoms with Crippen molar-refractivity contribution in [1.29, 1.82) is 0 Å². The number of aliphatic hydroxyl groups excluding tert-OH is 6. The maximum atomic E-state index is 12.9. The van der Waals surface area contributed by atoms with Crippen LogP contribution in [0.1, 0.15) is 307 Å². The second kappa shape index (κ2) is 58.9. The first kappa shape index (κ1) is 91.2. The predicted octanol–water partition coefficient (Wildman–Crippen LogP) is 14.2. The number of ether oxygens (including phenoxy) is 10. The Morgan fingerprint density at radius 1 is 0.317 bits per heavy atom. The van der Waals surface area contributed by atoms with E-state index in [1.54, 1.807) is 0 Å². The number of hydrogen-bond acceptors (Lipinski definition) is 22. The van der Waals surface area contributed by atoms with E-state index in [9.17, 15) is 59.4 Å². The van der Waals surface area contributed by atoms with Crippen LogP contribution in [-0.2, 0) is 89.3 Å². The average Bonchev–Trinajstić information content (AvgIpc) is 0.823. The van der Waals surface area contributed by atoms with Gasteiger partial charge < -0.3 is 78.0 Å². The van der Waals surface area contributed by atoms with Gasteiger partial charge in [0.1, 0.15) is 74.3 Å². The molecule has 0 aliphatic carbocycles. The van der Waals surface area contributed by atoms with Crippen LogP contribution in [-0.4, -0.2) is 167 Å². The topological polar surface area (TPSA) is 316 Å². The first-order chi connectivity index (χ1) is 50.6. The van der Waals surface area contributed by atoms with Crippen LogP contribution >= 0.6 is 0 Å². The zero-order chi connectivity index (χ0) is 75.0. The number of esters is 6. The third-order valence-electron chi connectivity index (χ3n) is 19.4. The molecule has 2 saturated heterocycles. The smallest absolute Gasteiger partial charge is 0.306 e. The molecule has 0 amide bonds. The van der Waals surface area contributed by atoms with Gasteiger partial charge in [-0.3, -0.25) is 28.8 Å². The number of aliphatic hydroxyl groups is 6. The fourth-order valence-electron chi connectivity index (χ4n) is 12.9. The summed E-state index contributed by atoms with van der Waals surface area (Å²) < 4.78 is 56.1. The fourth-order valence-corrected chi connectivity index (χ4v) is 12.9. The molecule has 104 heavy (non-hydrogen) atoms. The lowest BCUT2D eigenvalue weighted by molar-refractivity contribution is -0.304. The van der Waals surface area contributed by atoms with E-state index < -0.39 is 73.4 Å². The molecule has 4 rings (SSSR count). The van der Waals surface area contributed by atoms with Gasteiger partial charge in [0.15, 0.2) is 12.6 Å². The van der Waals surface area contributed by atoms with Crippen molar-refractivity contribution in [3.8, 4) is 0 Å². The van der Waals surface area contributed by atoms with Crippen molar-refractivity contribution < 1.29 is 107 Å². The molecule has 0 aromatic heterocycles. The summed E-state index contributed by atoms with van der Waals surface area (Å²) in [5, 5.41) is 62.6. The molecule has 5 unspecified atom stereocenters. The van der Waals surface area contributed by atoms with Crippen LogP contribution in [0, 0.1) is 0 Å². The van der Waals surface area contributed by atoms with Gasteiger partial charge in [0.05, 0.1) is 26.4 Å². The summed E-state index contributed by atoms with van der Waals surface area (Å²) in [5.74, 6) is -2.06. The molecule has 22 heteroatoms. The normalized spacial score (nSPS) is 20.8. The highest BCUT2D eigenvalue weighted by Crippen LogP contribution is 2.27. The van der Waals surface area contributed by atoms with E-state index in [1.165, 1.54) is 0 Å². The summed E-state index contributed by atoms with van der Waals surface area (Å²) in [4.78, 5) is 75.6. The zero-order valence-electron chi connectivity index (χ0n) is 63.3. The molecule has 0 radical (unpaired) electrons. The minimum Gasteiger partial charge on any atom is -0.466 e. The average molecular weight is 1470 g/mol. The Balaban J connectivity index is 0.883. The van der Waals surface area contributed by atoms with Crippen LogP contribution in [0.25, 0.3) is 0 Å². The van der Waals surface area contributed by atoms with E-state index in [2.05, 4.69) is 13.8 Å². The molecule has 2 aliphatic heterocycles. The molecular formula is C82H134O22. The minimum absolute atomic E-state index is 0.0342. The SMILES string of the molecule is CCCCCC[C@H](CCCCCCCCCCC(=O)OCCCCCCCCCCOC(=O)CCCCCCCCCC[C@@H](CCCCCC)OC(=O)CCCC(=O)OCC1O[C@@H](OCc2ccccc2)C(O)[C@@H](O)[C@H]1O)OC(=O)CCCC(=O)OCC1O[C@@H](OCc2ccccc2)C(O)C(O)[C@H]1O. The maximum absolute atomic E-state index is 12.9. The van der Waals surface area contributed by atoms with Crippen LogP contribution in [0.3, 0.4) is 0 Å². The Kier molecular flexibility index (Phi) is 51.7. The molecular weight excluding hydrogens is 1340 g/mol. The first-order valence-electron chi connectivity index (χ1n) is 40.3. The van der Waals surface area contributed by atoms with Gasteiger partial charge in [-0.1, -0.05) is 229 Å². The lowest BCUT2D eigenvalue weighted by Gasteiger charge is -2.39. The molecule has 2 aromatic rings. The largest absolute Gasteiger partial charge is 0.466 e. The van der Waals surface area contributed by atoms with Gasteiger partial charge in [0.25, 0.3) is 0 Å². The summed E-state index contributed by atoms with van der Waals surface area (Å²) in [7, 11) is 0. The van der Waals surface area contributed by atoms with E-state index in [0.717, 1.165) is 242 Å². The molecule has 2 aliphatic rings. The highest BCUT2D eigenvalue weighted by Gasteiger charge is 2.46. The van der Waals surface area contributed by atoms with Crippen molar-refractivity contribution in [2.45, 2.75) is 383 Å². The van der Waals surface area contributed by atoms with Crippen LogP contribution in [0.4, 0.5) is 0 Å². The molecule has 2 aromatic carbocycles. The van der Waals surface area contributed by atoms with Gasteiger partial charge in [-0.2, -0.15) is 0 Å². The van der Waals surface area contributed by atoms with Crippen molar-refractivity contribution >= 4 is 35.8 Å². The molecule has 6 N–H and O–H groups in total. The second-order valence-electron chi connectivity index (χ2n) is 28.6. The van der Waals surface area contributed by atoms with Gasteiger partial charge >= 0.3 is 35.8 Å². The first-order valence-corrected chi connectivity index (χ1v) is 40.3. The molecule has 12 atom stereocenters. The number of benzene rings is 2. The molecule has 0 bridgehead atoms. The Labute approximate surface area is 621 Å². The van der Waals surface area contributed by atoms with Crippen LogP contribution in [0.15, 0.2) is 60.7 Å². The number of unbranched alkanes of at least 4 members (excludes halogenated alkanes) is 27. The van der Waals surface area contributed by atoms with Crippen molar-refractivity contribution in [1.82, 2.24) is 0 Å². The van der Waals surface area contributed by atoms with Gasteiger partial charge in [-0.25, -0.2) is 0 Å². The lowest BCUT2D eigenvalue weighted by atomic mass is 9.99. The molecule has 594 valence electrons. The van der Waals surface area contributed by atoms with Gasteiger partial charge in [0, 0.05) is 38.5 Å². The molecule has 2 fully saturated rings. The Morgan fingerprint density at radius 2 is 0.596 bits per heavy atom. The van der Waals surface area contributed by atoms with E-state index in [0.29, 0.717) is 26.1 Å². The van der Waals surface area contributed by atoms with E-state index in [1.807, 2.05) is 60.7 Å². The number of rotatable bonds is 63. The zero-order valence-corrected chi connectivity index (χ0v) is 63.3. The minimum atomic E-state index is -1.56. The Hall–Kier alpha value is -5.14. The summed E-state index contributed by atoms with van der Waals surface area (Å²) in [6.45, 7) is 4.78. The summed E-state index contributed by atoms with van der Waals surface area (Å²) in [6, 6.07) is 18.4. The summed E-state index contributed by atoms with van der Waals surface area (Å²) >= 11 is 0. The predicted molar refractivity (Wildman–Crippen MR) is 394 cm³/mol. The number of carbonyl (C=O) groups excluding carboxylic acids is 6. The van der Waals surface area contributed by atoms with Crippen molar-refractivity contribution in [2.24, 2.45) is 0 Å². The van der Waals surface area contributed by atoms with Crippen LogP contribution in [0.2, 0.25) is 0 Å². The lowest BCUT2D eigenvalue weighted by Crippen LogP contribution is -2.59. The third kappa shape index (κ3) is 43.0. The molecule has 2 heterocycles. The Bertz CT molecular complexity index is 2340. The van der Waals surface area contributed by atoms with Gasteiger partial charge in [-0.15, -0.1) is 0 Å².